The van der Waals surface area contributed by atoms with Gasteiger partial charge in [-0.15, -0.1) is 0 Å². The number of rotatable bonds is 6. The number of aliphatic hydroxyl groups is 1. The highest BCUT2D eigenvalue weighted by atomic mass is 16.6. The van der Waals surface area contributed by atoms with Crippen molar-refractivity contribution >= 4 is 0 Å². The van der Waals surface area contributed by atoms with Gasteiger partial charge in [-0.1, -0.05) is 27.2 Å². The van der Waals surface area contributed by atoms with Crippen molar-refractivity contribution in [2.24, 2.45) is 5.92 Å². The van der Waals surface area contributed by atoms with E-state index in [1.807, 2.05) is 0 Å². The Kier molecular flexibility index (Phi) is 5.58. The fourth-order valence-electron chi connectivity index (χ4n) is 2.23. The topological polar surface area (TPSA) is 32.7 Å². The van der Waals surface area contributed by atoms with Gasteiger partial charge in [0.25, 0.3) is 0 Å². The van der Waals surface area contributed by atoms with Gasteiger partial charge in [-0.3, -0.25) is 4.90 Å². The minimum Gasteiger partial charge on any atom is -0.356 e. The molecule has 0 aliphatic carbocycles. The van der Waals surface area contributed by atoms with Crippen LogP contribution in [-0.2, 0) is 4.74 Å². The van der Waals surface area contributed by atoms with Crippen LogP contribution in [0.1, 0.15) is 46.5 Å². The average molecular weight is 215 g/mol. The Hall–Kier alpha value is -0.120. The van der Waals surface area contributed by atoms with Gasteiger partial charge in [0.05, 0.1) is 6.61 Å². The van der Waals surface area contributed by atoms with E-state index in [0.29, 0.717) is 18.6 Å². The summed E-state index contributed by atoms with van der Waals surface area (Å²) in [5.41, 5.74) is 0. The molecule has 0 spiro atoms. The zero-order chi connectivity index (χ0) is 11.3. The van der Waals surface area contributed by atoms with Gasteiger partial charge < -0.3 is 9.84 Å². The molecule has 0 aromatic heterocycles. The fourth-order valence-corrected chi connectivity index (χ4v) is 2.23. The number of ether oxygens (including phenoxy) is 1. The average Bonchev–Trinajstić information content (AvgIpc) is 2.66. The first-order valence-corrected chi connectivity index (χ1v) is 6.22. The Morgan fingerprint density at radius 2 is 2.20 bits per heavy atom. The number of nitrogens with zero attached hydrogens (tertiary/aromatic N) is 1. The van der Waals surface area contributed by atoms with Crippen molar-refractivity contribution in [3.05, 3.63) is 0 Å². The SMILES string of the molecule is CCCCOC(O)N1CCCC1C(C)C. The van der Waals surface area contributed by atoms with Crippen molar-refractivity contribution in [1.82, 2.24) is 4.90 Å². The molecule has 1 N–H and O–H groups in total. The maximum Gasteiger partial charge on any atom is 0.216 e. The van der Waals surface area contributed by atoms with Gasteiger partial charge in [0.2, 0.25) is 6.41 Å². The Bertz CT molecular complexity index is 173. The number of hydrogen-bond acceptors (Lipinski definition) is 3. The van der Waals surface area contributed by atoms with E-state index in [4.69, 9.17) is 4.74 Å². The van der Waals surface area contributed by atoms with Crippen LogP contribution in [0, 0.1) is 5.92 Å². The highest BCUT2D eigenvalue weighted by Gasteiger charge is 2.31. The molecule has 3 nitrogen and oxygen atoms in total. The third-order valence-corrected chi connectivity index (χ3v) is 3.16. The molecule has 0 amide bonds. The standard InChI is InChI=1S/C12H25NO2/c1-4-5-9-15-12(14)13-8-6-7-11(13)10(2)3/h10-12,14H,4-9H2,1-3H3. The summed E-state index contributed by atoms with van der Waals surface area (Å²) in [6.07, 6.45) is 3.81. The molecule has 2 atom stereocenters. The molecule has 3 heteroatoms. The Morgan fingerprint density at radius 3 is 2.80 bits per heavy atom. The van der Waals surface area contributed by atoms with Crippen LogP contribution >= 0.6 is 0 Å². The molecule has 1 aliphatic rings. The Balaban J connectivity index is 2.33. The monoisotopic (exact) mass is 215 g/mol. The second-order valence-corrected chi connectivity index (χ2v) is 4.74. The highest BCUT2D eigenvalue weighted by Crippen LogP contribution is 2.25. The summed E-state index contributed by atoms with van der Waals surface area (Å²) in [6.45, 7) is 8.18. The minimum absolute atomic E-state index is 0.488. The van der Waals surface area contributed by atoms with Crippen molar-refractivity contribution in [2.45, 2.75) is 58.9 Å². The quantitative estimate of drug-likeness (QED) is 0.544. The molecule has 90 valence electrons. The molecule has 1 fully saturated rings. The number of aliphatic hydroxyl groups excluding tert-OH is 1. The largest absolute Gasteiger partial charge is 0.356 e. The number of hydrogen-bond donors (Lipinski definition) is 1. The van der Waals surface area contributed by atoms with Gasteiger partial charge in [0.1, 0.15) is 0 Å². The molecule has 0 radical (unpaired) electrons. The molecule has 1 saturated heterocycles. The Labute approximate surface area is 93.4 Å². The third-order valence-electron chi connectivity index (χ3n) is 3.16. The molecule has 0 aromatic carbocycles. The van der Waals surface area contributed by atoms with Crippen molar-refractivity contribution in [3.63, 3.8) is 0 Å². The molecule has 1 aliphatic heterocycles. The van der Waals surface area contributed by atoms with Crippen molar-refractivity contribution in [3.8, 4) is 0 Å². The molecular weight excluding hydrogens is 190 g/mol. The molecule has 1 rings (SSSR count). The lowest BCUT2D eigenvalue weighted by molar-refractivity contribution is -0.201. The van der Waals surface area contributed by atoms with E-state index >= 15 is 0 Å². The molecule has 15 heavy (non-hydrogen) atoms. The van der Waals surface area contributed by atoms with Crippen LogP contribution in [-0.4, -0.2) is 35.6 Å². The van der Waals surface area contributed by atoms with Crippen molar-refractivity contribution in [1.29, 1.82) is 0 Å². The summed E-state index contributed by atoms with van der Waals surface area (Å²) in [5.74, 6) is 0.594. The summed E-state index contributed by atoms with van der Waals surface area (Å²) in [4.78, 5) is 2.10. The van der Waals surface area contributed by atoms with E-state index in [1.54, 1.807) is 0 Å². The lowest BCUT2D eigenvalue weighted by Gasteiger charge is -2.31. The second-order valence-electron chi connectivity index (χ2n) is 4.74. The summed E-state index contributed by atoms with van der Waals surface area (Å²) in [5, 5.41) is 9.90. The highest BCUT2D eigenvalue weighted by molar-refractivity contribution is 4.80. The van der Waals surface area contributed by atoms with Crippen molar-refractivity contribution in [2.75, 3.05) is 13.2 Å². The summed E-state index contributed by atoms with van der Waals surface area (Å²) in [6, 6.07) is 0.488. The smallest absolute Gasteiger partial charge is 0.216 e. The lowest BCUT2D eigenvalue weighted by atomic mass is 10.0. The summed E-state index contributed by atoms with van der Waals surface area (Å²) >= 11 is 0. The molecule has 0 bridgehead atoms. The van der Waals surface area contributed by atoms with E-state index in [2.05, 4.69) is 25.7 Å². The van der Waals surface area contributed by atoms with E-state index in [-0.39, 0.29) is 0 Å². The predicted molar refractivity (Wildman–Crippen MR) is 61.4 cm³/mol. The molecule has 2 unspecified atom stereocenters. The van der Waals surface area contributed by atoms with E-state index in [9.17, 15) is 5.11 Å². The molecular formula is C12H25NO2. The van der Waals surface area contributed by atoms with E-state index in [0.717, 1.165) is 19.4 Å². The van der Waals surface area contributed by atoms with E-state index < -0.39 is 6.41 Å². The van der Waals surface area contributed by atoms with Gasteiger partial charge in [-0.25, -0.2) is 0 Å². The number of likely N-dealkylation sites (tertiary alicyclic amines) is 1. The summed E-state index contributed by atoms with van der Waals surface area (Å²) < 4.78 is 5.43. The number of unbranched alkanes of at least 4 members (excludes halogenated alkanes) is 1. The van der Waals surface area contributed by atoms with Gasteiger partial charge in [-0.2, -0.15) is 0 Å². The predicted octanol–water partition coefficient (Wildman–Crippen LogP) is 2.20. The minimum atomic E-state index is -0.688. The zero-order valence-corrected chi connectivity index (χ0v) is 10.3. The van der Waals surface area contributed by atoms with Gasteiger partial charge in [0, 0.05) is 12.6 Å². The van der Waals surface area contributed by atoms with Gasteiger partial charge >= 0.3 is 0 Å². The van der Waals surface area contributed by atoms with Crippen LogP contribution in [0.2, 0.25) is 0 Å². The van der Waals surface area contributed by atoms with Gasteiger partial charge in [-0.05, 0) is 25.2 Å². The third kappa shape index (κ3) is 3.74. The summed E-state index contributed by atoms with van der Waals surface area (Å²) in [7, 11) is 0. The Morgan fingerprint density at radius 1 is 1.47 bits per heavy atom. The first-order chi connectivity index (χ1) is 7.16. The van der Waals surface area contributed by atoms with Gasteiger partial charge in [0.15, 0.2) is 0 Å². The normalized spacial score (nSPS) is 25.0. The molecule has 0 saturated carbocycles. The maximum absolute atomic E-state index is 9.90. The lowest BCUT2D eigenvalue weighted by Crippen LogP contribution is -2.43. The maximum atomic E-state index is 9.90. The molecule has 1 heterocycles. The fraction of sp³-hybridized carbons (Fsp3) is 1.00. The van der Waals surface area contributed by atoms with Crippen LogP contribution in [0.25, 0.3) is 0 Å². The van der Waals surface area contributed by atoms with Crippen LogP contribution in [0.4, 0.5) is 0 Å². The van der Waals surface area contributed by atoms with Crippen molar-refractivity contribution < 1.29 is 9.84 Å². The van der Waals surface area contributed by atoms with Crippen LogP contribution < -0.4 is 0 Å². The van der Waals surface area contributed by atoms with Crippen LogP contribution in [0.3, 0.4) is 0 Å². The van der Waals surface area contributed by atoms with E-state index in [1.165, 1.54) is 12.8 Å². The van der Waals surface area contributed by atoms with Crippen LogP contribution in [0.5, 0.6) is 0 Å². The zero-order valence-electron chi connectivity index (χ0n) is 10.3. The molecule has 0 aromatic rings. The first kappa shape index (κ1) is 12.9. The first-order valence-electron chi connectivity index (χ1n) is 6.22. The van der Waals surface area contributed by atoms with Crippen LogP contribution in [0.15, 0.2) is 0 Å². The second kappa shape index (κ2) is 6.46.